The number of hydrogen-bond acceptors (Lipinski definition) is 4. The molecule has 4 heteroatoms. The molecule has 0 spiro atoms. The topological polar surface area (TPSA) is 52.6 Å². The molecule has 0 aliphatic carbocycles. The molecule has 0 heterocycles. The van der Waals surface area contributed by atoms with Crippen molar-refractivity contribution in [3.63, 3.8) is 0 Å². The van der Waals surface area contributed by atoms with Gasteiger partial charge in [-0.25, -0.2) is 0 Å². The lowest BCUT2D eigenvalue weighted by Gasteiger charge is -2.27. The molecule has 1 aromatic carbocycles. The number of aryl methyl sites for hydroxylation is 1. The van der Waals surface area contributed by atoms with Gasteiger partial charge in [0.15, 0.2) is 5.41 Å². The maximum absolute atomic E-state index is 12.6. The van der Waals surface area contributed by atoms with Crippen molar-refractivity contribution in [3.8, 4) is 5.75 Å². The Morgan fingerprint density at radius 2 is 1.77 bits per heavy atom. The van der Waals surface area contributed by atoms with E-state index in [2.05, 4.69) is 0 Å². The van der Waals surface area contributed by atoms with Crippen LogP contribution in [-0.4, -0.2) is 18.5 Å². The molecule has 0 atom stereocenters. The first-order valence-corrected chi connectivity index (χ1v) is 7.81. The summed E-state index contributed by atoms with van der Waals surface area (Å²) >= 11 is 0. The fourth-order valence-corrected chi connectivity index (χ4v) is 2.17. The van der Waals surface area contributed by atoms with Crippen LogP contribution in [0.1, 0.15) is 46.1 Å². The lowest BCUT2D eigenvalue weighted by Crippen LogP contribution is -2.43. The van der Waals surface area contributed by atoms with E-state index < -0.39 is 17.4 Å². The molecule has 22 heavy (non-hydrogen) atoms. The first-order chi connectivity index (χ1) is 10.4. The first-order valence-electron chi connectivity index (χ1n) is 7.81. The number of hydrogen-bond donors (Lipinski definition) is 0. The first kappa shape index (κ1) is 18.2. The predicted molar refractivity (Wildman–Crippen MR) is 85.6 cm³/mol. The fourth-order valence-electron chi connectivity index (χ4n) is 2.17. The molecule has 122 valence electrons. The van der Waals surface area contributed by atoms with E-state index >= 15 is 0 Å². The van der Waals surface area contributed by atoms with Gasteiger partial charge in [0.1, 0.15) is 5.75 Å². The summed E-state index contributed by atoms with van der Waals surface area (Å²) < 4.78 is 10.7. The molecule has 0 amide bonds. The highest BCUT2D eigenvalue weighted by atomic mass is 16.6. The van der Waals surface area contributed by atoms with Gasteiger partial charge in [-0.05, 0) is 43.4 Å². The number of carbonyl (C=O) groups excluding carboxylic acids is 2. The van der Waals surface area contributed by atoms with E-state index in [1.165, 1.54) is 0 Å². The molecule has 4 nitrogen and oxygen atoms in total. The van der Waals surface area contributed by atoms with Crippen LogP contribution in [0.3, 0.4) is 0 Å². The SMILES string of the molecule is CCC(CC)(C(=O)OCC(C)C)C(=O)Oc1cccc(C)c1. The second-order valence-corrected chi connectivity index (χ2v) is 5.99. The number of carbonyl (C=O) groups is 2. The molecule has 0 radical (unpaired) electrons. The van der Waals surface area contributed by atoms with Crippen LogP contribution >= 0.6 is 0 Å². The van der Waals surface area contributed by atoms with Gasteiger partial charge in [0.05, 0.1) is 6.61 Å². The molecule has 0 saturated carbocycles. The zero-order valence-corrected chi connectivity index (χ0v) is 14.1. The van der Waals surface area contributed by atoms with Crippen molar-refractivity contribution in [3.05, 3.63) is 29.8 Å². The van der Waals surface area contributed by atoms with E-state index in [1.807, 2.05) is 32.9 Å². The Labute approximate surface area is 132 Å². The summed E-state index contributed by atoms with van der Waals surface area (Å²) in [4.78, 5) is 25.0. The molecule has 0 aliphatic rings. The quantitative estimate of drug-likeness (QED) is 0.435. The van der Waals surface area contributed by atoms with E-state index in [1.54, 1.807) is 26.0 Å². The third-order valence-electron chi connectivity index (χ3n) is 3.74. The predicted octanol–water partition coefficient (Wildman–Crippen LogP) is 3.91. The van der Waals surface area contributed by atoms with Crippen molar-refractivity contribution in [1.82, 2.24) is 0 Å². The van der Waals surface area contributed by atoms with Crippen molar-refractivity contribution in [1.29, 1.82) is 0 Å². The molecule has 0 bridgehead atoms. The third-order valence-corrected chi connectivity index (χ3v) is 3.74. The third kappa shape index (κ3) is 4.33. The maximum Gasteiger partial charge on any atom is 0.328 e. The minimum absolute atomic E-state index is 0.225. The van der Waals surface area contributed by atoms with Crippen LogP contribution in [-0.2, 0) is 14.3 Å². The molecule has 0 aromatic heterocycles. The molecular formula is C18H26O4. The van der Waals surface area contributed by atoms with Crippen LogP contribution in [0.2, 0.25) is 0 Å². The van der Waals surface area contributed by atoms with Gasteiger partial charge in [0.25, 0.3) is 0 Å². The zero-order valence-electron chi connectivity index (χ0n) is 14.1. The summed E-state index contributed by atoms with van der Waals surface area (Å²) in [6.45, 7) is 9.74. The normalized spacial score (nSPS) is 11.4. The summed E-state index contributed by atoms with van der Waals surface area (Å²) in [5.74, 6) is -0.364. The summed E-state index contributed by atoms with van der Waals surface area (Å²) in [6, 6.07) is 7.21. The van der Waals surface area contributed by atoms with Crippen molar-refractivity contribution in [2.45, 2.75) is 47.5 Å². The summed E-state index contributed by atoms with van der Waals surface area (Å²) in [5.41, 5.74) is -0.246. The Bertz CT molecular complexity index is 516. The van der Waals surface area contributed by atoms with Crippen LogP contribution in [0.5, 0.6) is 5.75 Å². The Morgan fingerprint density at radius 1 is 1.14 bits per heavy atom. The molecule has 1 rings (SSSR count). The lowest BCUT2D eigenvalue weighted by atomic mass is 9.82. The second kappa shape index (κ2) is 7.97. The minimum Gasteiger partial charge on any atom is -0.465 e. The number of benzene rings is 1. The number of ether oxygens (including phenoxy) is 2. The minimum atomic E-state index is -1.24. The summed E-state index contributed by atoms with van der Waals surface area (Å²) in [6.07, 6.45) is 0.705. The van der Waals surface area contributed by atoms with Crippen LogP contribution in [0.4, 0.5) is 0 Å². The monoisotopic (exact) mass is 306 g/mol. The van der Waals surface area contributed by atoms with Gasteiger partial charge in [-0.2, -0.15) is 0 Å². The summed E-state index contributed by atoms with van der Waals surface area (Å²) in [5, 5.41) is 0. The second-order valence-electron chi connectivity index (χ2n) is 5.99. The molecule has 0 fully saturated rings. The van der Waals surface area contributed by atoms with Gasteiger partial charge >= 0.3 is 11.9 Å². The maximum atomic E-state index is 12.6. The Morgan fingerprint density at radius 3 is 2.27 bits per heavy atom. The van der Waals surface area contributed by atoms with Crippen LogP contribution in [0, 0.1) is 18.3 Å². The summed E-state index contributed by atoms with van der Waals surface area (Å²) in [7, 11) is 0. The Hall–Kier alpha value is -1.84. The van der Waals surface area contributed by atoms with Gasteiger partial charge in [-0.3, -0.25) is 9.59 Å². The molecule has 1 aromatic rings. The van der Waals surface area contributed by atoms with Crippen molar-refractivity contribution >= 4 is 11.9 Å². The standard InChI is InChI=1S/C18H26O4/c1-6-18(7-2,16(19)21-12-13(3)4)17(20)22-15-10-8-9-14(5)11-15/h8-11,13H,6-7,12H2,1-5H3. The van der Waals surface area contributed by atoms with E-state index in [4.69, 9.17) is 9.47 Å². The van der Waals surface area contributed by atoms with Gasteiger partial charge in [-0.15, -0.1) is 0 Å². The van der Waals surface area contributed by atoms with E-state index in [0.717, 1.165) is 5.56 Å². The highest BCUT2D eigenvalue weighted by molar-refractivity contribution is 6.00. The van der Waals surface area contributed by atoms with Crippen molar-refractivity contribution < 1.29 is 19.1 Å². The molecule has 0 saturated heterocycles. The van der Waals surface area contributed by atoms with Gasteiger partial charge in [0.2, 0.25) is 0 Å². The smallest absolute Gasteiger partial charge is 0.328 e. The van der Waals surface area contributed by atoms with Crippen molar-refractivity contribution in [2.24, 2.45) is 11.3 Å². The molecule has 0 unspecified atom stereocenters. The van der Waals surface area contributed by atoms with E-state index in [9.17, 15) is 9.59 Å². The molecule has 0 aliphatic heterocycles. The largest absolute Gasteiger partial charge is 0.465 e. The highest BCUT2D eigenvalue weighted by Crippen LogP contribution is 2.31. The van der Waals surface area contributed by atoms with E-state index in [-0.39, 0.29) is 5.92 Å². The van der Waals surface area contributed by atoms with E-state index in [0.29, 0.717) is 25.2 Å². The average molecular weight is 306 g/mol. The van der Waals surface area contributed by atoms with Crippen LogP contribution in [0.15, 0.2) is 24.3 Å². The number of esters is 2. The Kier molecular flexibility index (Phi) is 6.60. The van der Waals surface area contributed by atoms with Crippen LogP contribution < -0.4 is 4.74 Å². The lowest BCUT2D eigenvalue weighted by molar-refractivity contribution is -0.168. The van der Waals surface area contributed by atoms with Gasteiger partial charge in [-0.1, -0.05) is 39.8 Å². The van der Waals surface area contributed by atoms with Gasteiger partial charge in [0, 0.05) is 0 Å². The van der Waals surface area contributed by atoms with Crippen molar-refractivity contribution in [2.75, 3.05) is 6.61 Å². The number of rotatable bonds is 7. The molecule has 0 N–H and O–H groups in total. The zero-order chi connectivity index (χ0) is 16.8. The average Bonchev–Trinajstić information content (AvgIpc) is 2.47. The van der Waals surface area contributed by atoms with Gasteiger partial charge < -0.3 is 9.47 Å². The fraction of sp³-hybridized carbons (Fsp3) is 0.556. The highest BCUT2D eigenvalue weighted by Gasteiger charge is 2.46. The Balaban J connectivity index is 2.92. The van der Waals surface area contributed by atoms with Crippen LogP contribution in [0.25, 0.3) is 0 Å². The molecular weight excluding hydrogens is 280 g/mol.